The highest BCUT2D eigenvalue weighted by Crippen LogP contribution is 2.39. The number of pyridine rings is 1. The fraction of sp³-hybridized carbons (Fsp3) is 0.0588. The third kappa shape index (κ3) is 4.06. The van der Waals surface area contributed by atoms with Crippen LogP contribution in [0.2, 0.25) is 8.67 Å². The van der Waals surface area contributed by atoms with Crippen molar-refractivity contribution < 1.29 is 18.0 Å². The molecule has 0 radical (unpaired) electrons. The van der Waals surface area contributed by atoms with Crippen molar-refractivity contribution >= 4 is 56.9 Å². The molecule has 0 aliphatic carbocycles. The smallest absolute Gasteiger partial charge is 0.298 e. The number of carbonyl (C=O) groups is 1. The van der Waals surface area contributed by atoms with Gasteiger partial charge in [-0.3, -0.25) is 10.1 Å². The van der Waals surface area contributed by atoms with E-state index in [9.17, 15) is 18.0 Å². The molecule has 0 bridgehead atoms. The van der Waals surface area contributed by atoms with Crippen molar-refractivity contribution in [1.82, 2.24) is 19.7 Å². The lowest BCUT2D eigenvalue weighted by atomic mass is 10.2. The summed E-state index contributed by atoms with van der Waals surface area (Å²) in [5.74, 6) is -1.07. The van der Waals surface area contributed by atoms with Crippen LogP contribution in [0.15, 0.2) is 42.0 Å². The topological polar surface area (TPSA) is 72.7 Å². The summed E-state index contributed by atoms with van der Waals surface area (Å²) in [4.78, 5) is 20.6. The molecule has 4 aromatic heterocycles. The number of hydrogen-bond acceptors (Lipinski definition) is 6. The molecule has 6 nitrogen and oxygen atoms in total. The van der Waals surface area contributed by atoms with Crippen molar-refractivity contribution in [2.45, 2.75) is 6.18 Å². The van der Waals surface area contributed by atoms with Crippen molar-refractivity contribution in [2.24, 2.45) is 0 Å². The molecule has 0 saturated carbocycles. The van der Waals surface area contributed by atoms with Gasteiger partial charge in [0.2, 0.25) is 0 Å². The molecule has 0 atom stereocenters. The second kappa shape index (κ2) is 7.99. The van der Waals surface area contributed by atoms with E-state index >= 15 is 0 Å². The van der Waals surface area contributed by atoms with Gasteiger partial charge in [0.1, 0.15) is 4.34 Å². The minimum atomic E-state index is -4.84. The highest BCUT2D eigenvalue weighted by atomic mass is 35.5. The lowest BCUT2D eigenvalue weighted by Crippen LogP contribution is -2.21. The Hall–Kier alpha value is -2.47. The summed E-state index contributed by atoms with van der Waals surface area (Å²) in [6, 6.07) is 6.05. The molecule has 30 heavy (non-hydrogen) atoms. The molecule has 0 unspecified atom stereocenters. The van der Waals surface area contributed by atoms with Gasteiger partial charge in [-0.25, -0.2) is 14.6 Å². The average Bonchev–Trinajstić information content (AvgIpc) is 3.40. The van der Waals surface area contributed by atoms with Crippen LogP contribution in [0.5, 0.6) is 0 Å². The molecule has 0 saturated heterocycles. The first-order valence-corrected chi connectivity index (χ1v) is 10.5. The Labute approximate surface area is 184 Å². The van der Waals surface area contributed by atoms with Gasteiger partial charge in [-0.1, -0.05) is 29.3 Å². The van der Waals surface area contributed by atoms with E-state index in [1.165, 1.54) is 18.3 Å². The molecule has 1 amide bonds. The summed E-state index contributed by atoms with van der Waals surface area (Å²) in [6.45, 7) is 0. The van der Waals surface area contributed by atoms with Gasteiger partial charge in [0, 0.05) is 17.1 Å². The van der Waals surface area contributed by atoms with Crippen molar-refractivity contribution in [3.63, 3.8) is 0 Å². The van der Waals surface area contributed by atoms with Gasteiger partial charge in [-0.15, -0.1) is 22.7 Å². The highest BCUT2D eigenvalue weighted by molar-refractivity contribution is 7.20. The molecular formula is C17H8Cl2F3N5OS2. The van der Waals surface area contributed by atoms with Gasteiger partial charge >= 0.3 is 6.18 Å². The van der Waals surface area contributed by atoms with Crippen LogP contribution in [-0.2, 0) is 6.18 Å². The van der Waals surface area contributed by atoms with Gasteiger partial charge in [0.25, 0.3) is 5.91 Å². The number of anilines is 1. The third-order valence-corrected chi connectivity index (χ3v) is 6.05. The van der Waals surface area contributed by atoms with E-state index in [4.69, 9.17) is 23.2 Å². The fourth-order valence-electron chi connectivity index (χ4n) is 2.57. The number of thiophene rings is 1. The molecule has 4 aromatic rings. The largest absolute Gasteiger partial charge is 0.434 e. The molecule has 154 valence electrons. The number of nitrogens with one attached hydrogen (secondary N) is 1. The summed E-state index contributed by atoms with van der Waals surface area (Å²) < 4.78 is 42.5. The van der Waals surface area contributed by atoms with Gasteiger partial charge in [-0.2, -0.15) is 18.3 Å². The van der Waals surface area contributed by atoms with Crippen molar-refractivity contribution in [3.05, 3.63) is 62.0 Å². The predicted octanol–water partition coefficient (Wildman–Crippen LogP) is 6.03. The Morgan fingerprint density at radius 2 is 2.03 bits per heavy atom. The zero-order valence-electron chi connectivity index (χ0n) is 14.4. The summed E-state index contributed by atoms with van der Waals surface area (Å²) >= 11 is 14.2. The number of rotatable bonds is 4. The van der Waals surface area contributed by atoms with Crippen LogP contribution in [0.4, 0.5) is 18.3 Å². The van der Waals surface area contributed by atoms with E-state index in [1.54, 1.807) is 17.5 Å². The van der Waals surface area contributed by atoms with Gasteiger partial charge in [0.15, 0.2) is 16.6 Å². The molecule has 0 fully saturated rings. The SMILES string of the molecule is O=C(Nc1nc(-c2cc(Cl)sc2Cl)cs1)c1cnn(-c2ccccn2)c1C(F)(F)F. The maximum Gasteiger partial charge on any atom is 0.434 e. The minimum Gasteiger partial charge on any atom is -0.298 e. The third-order valence-electron chi connectivity index (χ3n) is 3.81. The van der Waals surface area contributed by atoms with Crippen LogP contribution in [0.1, 0.15) is 16.1 Å². The fourth-order valence-corrected chi connectivity index (χ4v) is 4.76. The number of thiazole rings is 1. The molecule has 0 aliphatic rings. The highest BCUT2D eigenvalue weighted by Gasteiger charge is 2.41. The van der Waals surface area contributed by atoms with E-state index in [0.717, 1.165) is 28.9 Å². The first kappa shape index (κ1) is 20.8. The standard InChI is InChI=1S/C17H8Cl2F3N5OS2/c18-11-5-8(14(19)30-11)10-7-29-16(25-10)26-15(28)9-6-24-27(13(9)17(20,21)22)12-3-1-2-4-23-12/h1-7H,(H,25,26,28). The van der Waals surface area contributed by atoms with Gasteiger partial charge < -0.3 is 0 Å². The van der Waals surface area contributed by atoms with Gasteiger partial charge in [-0.05, 0) is 18.2 Å². The van der Waals surface area contributed by atoms with Gasteiger partial charge in [0.05, 0.1) is 21.8 Å². The Morgan fingerprint density at radius 1 is 1.23 bits per heavy atom. The molecule has 13 heteroatoms. The minimum absolute atomic E-state index is 0.0654. The Balaban J connectivity index is 1.65. The number of halogens is 5. The monoisotopic (exact) mass is 489 g/mol. The Kier molecular flexibility index (Phi) is 5.53. The molecule has 4 heterocycles. The number of aromatic nitrogens is 4. The second-order valence-electron chi connectivity index (χ2n) is 5.73. The van der Waals surface area contributed by atoms with Crippen LogP contribution in [0.25, 0.3) is 17.1 Å². The quantitative estimate of drug-likeness (QED) is 0.379. The van der Waals surface area contributed by atoms with E-state index in [0.29, 0.717) is 24.6 Å². The zero-order valence-corrected chi connectivity index (χ0v) is 17.6. The van der Waals surface area contributed by atoms with Crippen molar-refractivity contribution in [2.75, 3.05) is 5.32 Å². The molecule has 0 spiro atoms. The van der Waals surface area contributed by atoms with E-state index in [2.05, 4.69) is 20.4 Å². The molecule has 4 rings (SSSR count). The zero-order chi connectivity index (χ0) is 21.5. The lowest BCUT2D eigenvalue weighted by Gasteiger charge is -2.11. The first-order chi connectivity index (χ1) is 14.2. The molecular weight excluding hydrogens is 482 g/mol. The maximum atomic E-state index is 13.7. The number of alkyl halides is 3. The molecule has 0 aliphatic heterocycles. The maximum absolute atomic E-state index is 13.7. The molecule has 1 N–H and O–H groups in total. The molecule has 0 aromatic carbocycles. The first-order valence-electron chi connectivity index (χ1n) is 8.02. The van der Waals surface area contributed by atoms with E-state index < -0.39 is 23.3 Å². The summed E-state index contributed by atoms with van der Waals surface area (Å²) in [5, 5.41) is 7.80. The van der Waals surface area contributed by atoms with Crippen LogP contribution in [-0.4, -0.2) is 25.7 Å². The van der Waals surface area contributed by atoms with E-state index in [1.807, 2.05) is 0 Å². The Bertz CT molecular complexity index is 1220. The predicted molar refractivity (Wildman–Crippen MR) is 110 cm³/mol. The van der Waals surface area contributed by atoms with Crippen LogP contribution < -0.4 is 5.32 Å². The van der Waals surface area contributed by atoms with Crippen molar-refractivity contribution in [3.8, 4) is 17.1 Å². The Morgan fingerprint density at radius 3 is 2.67 bits per heavy atom. The van der Waals surface area contributed by atoms with Crippen LogP contribution in [0, 0.1) is 0 Å². The number of nitrogens with zero attached hydrogens (tertiary/aromatic N) is 4. The van der Waals surface area contributed by atoms with Crippen LogP contribution >= 0.6 is 45.9 Å². The summed E-state index contributed by atoms with van der Waals surface area (Å²) in [6.07, 6.45) is -2.66. The average molecular weight is 490 g/mol. The summed E-state index contributed by atoms with van der Waals surface area (Å²) in [7, 11) is 0. The van der Waals surface area contributed by atoms with Crippen molar-refractivity contribution in [1.29, 1.82) is 0 Å². The second-order valence-corrected chi connectivity index (χ2v) is 8.88. The number of hydrogen-bond donors (Lipinski definition) is 1. The normalized spacial score (nSPS) is 11.6. The lowest BCUT2D eigenvalue weighted by molar-refractivity contribution is -0.143. The number of carbonyl (C=O) groups excluding carboxylic acids is 1. The summed E-state index contributed by atoms with van der Waals surface area (Å²) in [5.41, 5.74) is -0.865. The van der Waals surface area contributed by atoms with E-state index in [-0.39, 0.29) is 10.9 Å². The van der Waals surface area contributed by atoms with Crippen LogP contribution in [0.3, 0.4) is 0 Å². The number of amides is 1.